The molecule has 33 heavy (non-hydrogen) atoms. The van der Waals surface area contributed by atoms with Crippen molar-refractivity contribution in [2.45, 2.75) is 19.5 Å². The van der Waals surface area contributed by atoms with Crippen LogP contribution in [-0.2, 0) is 25.5 Å². The Morgan fingerprint density at radius 2 is 2.00 bits per heavy atom. The van der Waals surface area contributed by atoms with Crippen LogP contribution in [0.3, 0.4) is 0 Å². The molecule has 2 aromatic rings. The van der Waals surface area contributed by atoms with Crippen molar-refractivity contribution in [3.05, 3.63) is 70.0 Å². The van der Waals surface area contributed by atoms with E-state index in [2.05, 4.69) is 11.8 Å². The number of carbonyl (C=O) groups is 2. The fraction of sp³-hybridized carbons (Fsp3) is 0.360. The van der Waals surface area contributed by atoms with Crippen LogP contribution in [0.4, 0.5) is 4.39 Å². The zero-order chi connectivity index (χ0) is 23.8. The highest BCUT2D eigenvalue weighted by Gasteiger charge is 2.39. The molecule has 0 radical (unpaired) electrons. The SMILES string of the molecule is COC(=O)C(c1cc(F)ccc1C)N1Cc2cccc(C#CCOCCOCCO)c2C1=O. The van der Waals surface area contributed by atoms with E-state index < -0.39 is 17.8 Å². The van der Waals surface area contributed by atoms with Crippen molar-refractivity contribution in [1.82, 2.24) is 4.90 Å². The normalized spacial score (nSPS) is 13.3. The van der Waals surface area contributed by atoms with Crippen LogP contribution in [0.15, 0.2) is 36.4 Å². The molecule has 1 atom stereocenters. The lowest BCUT2D eigenvalue weighted by molar-refractivity contribution is -0.146. The van der Waals surface area contributed by atoms with Crippen molar-refractivity contribution >= 4 is 11.9 Å². The van der Waals surface area contributed by atoms with Gasteiger partial charge in [-0.3, -0.25) is 4.79 Å². The number of aliphatic hydroxyl groups excluding tert-OH is 1. The molecule has 0 fully saturated rings. The number of halogens is 1. The number of aryl methyl sites for hydroxylation is 1. The van der Waals surface area contributed by atoms with Gasteiger partial charge in [0.2, 0.25) is 0 Å². The van der Waals surface area contributed by atoms with E-state index in [9.17, 15) is 14.0 Å². The molecule has 1 aliphatic rings. The second-order valence-corrected chi connectivity index (χ2v) is 7.39. The van der Waals surface area contributed by atoms with Crippen molar-refractivity contribution in [2.75, 3.05) is 40.1 Å². The molecule has 0 aliphatic carbocycles. The van der Waals surface area contributed by atoms with Crippen LogP contribution >= 0.6 is 0 Å². The maximum absolute atomic E-state index is 14.0. The zero-order valence-corrected chi connectivity index (χ0v) is 18.6. The van der Waals surface area contributed by atoms with Crippen LogP contribution < -0.4 is 0 Å². The maximum Gasteiger partial charge on any atom is 0.333 e. The topological polar surface area (TPSA) is 85.3 Å². The Labute approximate surface area is 192 Å². The first kappa shape index (κ1) is 24.4. The van der Waals surface area contributed by atoms with Gasteiger partial charge >= 0.3 is 5.97 Å². The quantitative estimate of drug-likeness (QED) is 0.355. The summed E-state index contributed by atoms with van der Waals surface area (Å²) in [4.78, 5) is 27.4. The molecule has 1 N–H and O–H groups in total. The van der Waals surface area contributed by atoms with Gasteiger partial charge in [-0.05, 0) is 41.8 Å². The van der Waals surface area contributed by atoms with E-state index in [0.29, 0.717) is 35.5 Å². The molecule has 1 unspecified atom stereocenters. The summed E-state index contributed by atoms with van der Waals surface area (Å²) in [5, 5.41) is 8.66. The number of esters is 1. The van der Waals surface area contributed by atoms with Crippen LogP contribution in [0, 0.1) is 24.6 Å². The van der Waals surface area contributed by atoms with Gasteiger partial charge in [0.25, 0.3) is 5.91 Å². The molecule has 0 saturated heterocycles. The van der Waals surface area contributed by atoms with E-state index >= 15 is 0 Å². The molecule has 7 nitrogen and oxygen atoms in total. The summed E-state index contributed by atoms with van der Waals surface area (Å²) in [5.41, 5.74) is 2.73. The van der Waals surface area contributed by atoms with Crippen molar-refractivity contribution in [3.63, 3.8) is 0 Å². The van der Waals surface area contributed by atoms with Gasteiger partial charge in [0, 0.05) is 12.1 Å². The van der Waals surface area contributed by atoms with E-state index in [1.54, 1.807) is 31.2 Å². The van der Waals surface area contributed by atoms with Gasteiger partial charge in [-0.15, -0.1) is 0 Å². The van der Waals surface area contributed by atoms with Gasteiger partial charge in [-0.1, -0.05) is 30.0 Å². The number of ether oxygens (including phenoxy) is 3. The third-order valence-electron chi connectivity index (χ3n) is 5.24. The summed E-state index contributed by atoms with van der Waals surface area (Å²) in [7, 11) is 1.24. The summed E-state index contributed by atoms with van der Waals surface area (Å²) in [5.74, 6) is 4.33. The van der Waals surface area contributed by atoms with Crippen LogP contribution in [0.2, 0.25) is 0 Å². The minimum Gasteiger partial charge on any atom is -0.467 e. The largest absolute Gasteiger partial charge is 0.467 e. The molecule has 0 spiro atoms. The molecular formula is C25H26FNO6. The van der Waals surface area contributed by atoms with Gasteiger partial charge in [0.05, 0.1) is 39.1 Å². The molecule has 0 aromatic heterocycles. The number of benzene rings is 2. The number of amides is 1. The Morgan fingerprint density at radius 3 is 2.76 bits per heavy atom. The van der Waals surface area contributed by atoms with Crippen molar-refractivity contribution in [2.24, 2.45) is 0 Å². The first-order valence-electron chi connectivity index (χ1n) is 10.5. The fourth-order valence-corrected chi connectivity index (χ4v) is 3.67. The number of fused-ring (bicyclic) bond motifs is 1. The Hall–Kier alpha value is -3.25. The highest BCUT2D eigenvalue weighted by molar-refractivity contribution is 6.02. The lowest BCUT2D eigenvalue weighted by atomic mass is 9.99. The Bertz CT molecular complexity index is 1070. The van der Waals surface area contributed by atoms with Gasteiger partial charge in [-0.25, -0.2) is 9.18 Å². The van der Waals surface area contributed by atoms with Crippen LogP contribution in [0.25, 0.3) is 0 Å². The highest BCUT2D eigenvalue weighted by Crippen LogP contribution is 2.35. The molecule has 8 heteroatoms. The first-order chi connectivity index (χ1) is 16.0. The molecule has 174 valence electrons. The van der Waals surface area contributed by atoms with Crippen LogP contribution in [-0.4, -0.2) is 62.0 Å². The van der Waals surface area contributed by atoms with E-state index in [-0.39, 0.29) is 32.3 Å². The average Bonchev–Trinajstić information content (AvgIpc) is 3.14. The van der Waals surface area contributed by atoms with Gasteiger partial charge in [-0.2, -0.15) is 0 Å². The lowest BCUT2D eigenvalue weighted by Crippen LogP contribution is -2.35. The minimum absolute atomic E-state index is 0.0421. The monoisotopic (exact) mass is 455 g/mol. The van der Waals surface area contributed by atoms with Gasteiger partial charge < -0.3 is 24.2 Å². The van der Waals surface area contributed by atoms with E-state index in [0.717, 1.165) is 5.56 Å². The summed E-state index contributed by atoms with van der Waals surface area (Å²) >= 11 is 0. The predicted molar refractivity (Wildman–Crippen MR) is 118 cm³/mol. The lowest BCUT2D eigenvalue weighted by Gasteiger charge is -2.27. The molecule has 1 aliphatic heterocycles. The Kier molecular flexibility index (Phi) is 8.55. The molecule has 3 rings (SSSR count). The average molecular weight is 455 g/mol. The zero-order valence-electron chi connectivity index (χ0n) is 18.6. The minimum atomic E-state index is -1.08. The van der Waals surface area contributed by atoms with E-state index in [1.807, 2.05) is 0 Å². The third-order valence-corrected chi connectivity index (χ3v) is 5.24. The smallest absolute Gasteiger partial charge is 0.333 e. The van der Waals surface area contributed by atoms with Gasteiger partial charge in [0.15, 0.2) is 6.04 Å². The fourth-order valence-electron chi connectivity index (χ4n) is 3.67. The van der Waals surface area contributed by atoms with Gasteiger partial charge in [0.1, 0.15) is 12.4 Å². The molecule has 1 amide bonds. The maximum atomic E-state index is 14.0. The molecular weight excluding hydrogens is 429 g/mol. The summed E-state index contributed by atoms with van der Waals surface area (Å²) in [6, 6.07) is 8.40. The Morgan fingerprint density at radius 1 is 1.21 bits per heavy atom. The number of nitrogens with zero attached hydrogens (tertiary/aromatic N) is 1. The van der Waals surface area contributed by atoms with Crippen molar-refractivity contribution < 1.29 is 33.3 Å². The van der Waals surface area contributed by atoms with Crippen LogP contribution in [0.5, 0.6) is 0 Å². The standard InChI is InChI=1S/C25H26FNO6/c1-17-8-9-20(26)15-21(17)23(25(30)31-2)27-16-19-6-3-5-18(22(19)24(27)29)7-4-11-32-13-14-33-12-10-28/h3,5-6,8-9,15,23,28H,10-14,16H2,1-2H3. The molecule has 1 heterocycles. The summed E-state index contributed by atoms with van der Waals surface area (Å²) in [6.07, 6.45) is 0. The van der Waals surface area contributed by atoms with Crippen LogP contribution in [0.1, 0.15) is 38.7 Å². The summed E-state index contributed by atoms with van der Waals surface area (Å²) < 4.78 is 29.4. The van der Waals surface area contributed by atoms with Crippen molar-refractivity contribution in [1.29, 1.82) is 0 Å². The number of methoxy groups -OCH3 is 1. The number of hydrogen-bond donors (Lipinski definition) is 1. The predicted octanol–water partition coefficient (Wildman–Crippen LogP) is 2.38. The first-order valence-corrected chi connectivity index (χ1v) is 10.5. The Balaban J connectivity index is 1.80. The van der Waals surface area contributed by atoms with E-state index in [4.69, 9.17) is 19.3 Å². The second kappa shape index (κ2) is 11.6. The summed E-state index contributed by atoms with van der Waals surface area (Å²) in [6.45, 7) is 2.98. The number of aliphatic hydroxyl groups is 1. The number of rotatable bonds is 9. The second-order valence-electron chi connectivity index (χ2n) is 7.39. The van der Waals surface area contributed by atoms with Crippen molar-refractivity contribution in [3.8, 4) is 11.8 Å². The van der Waals surface area contributed by atoms with E-state index in [1.165, 1.54) is 24.1 Å². The highest BCUT2D eigenvalue weighted by atomic mass is 19.1. The molecule has 0 saturated carbocycles. The number of hydrogen-bond acceptors (Lipinski definition) is 6. The third kappa shape index (κ3) is 5.76. The molecule has 0 bridgehead atoms. The number of carbonyl (C=O) groups excluding carboxylic acids is 2. The molecule has 2 aromatic carbocycles.